The minimum Gasteiger partial charge on any atom is -0.371 e. The maximum absolute atomic E-state index is 13.6. The minimum atomic E-state index is -1.23. The number of nitrogens with zero attached hydrogens (tertiary/aromatic N) is 1. The Bertz CT molecular complexity index is 792. The van der Waals surface area contributed by atoms with Gasteiger partial charge in [0, 0.05) is 5.92 Å². The number of amides is 1. The smallest absolute Gasteiger partial charge is 0.229 e. The number of rotatable bonds is 7. The van der Waals surface area contributed by atoms with Crippen molar-refractivity contribution in [2.45, 2.75) is 51.3 Å². The molecular formula is C24H29NO2. The van der Waals surface area contributed by atoms with Crippen LogP contribution in [0.4, 0.5) is 0 Å². The molecule has 0 aliphatic heterocycles. The van der Waals surface area contributed by atoms with E-state index in [9.17, 15) is 9.90 Å². The lowest BCUT2D eigenvalue weighted by Crippen LogP contribution is -2.51. The molecule has 0 spiro atoms. The largest absolute Gasteiger partial charge is 0.371 e. The van der Waals surface area contributed by atoms with Gasteiger partial charge in [-0.1, -0.05) is 60.7 Å². The van der Waals surface area contributed by atoms with Crippen molar-refractivity contribution in [1.82, 2.24) is 4.90 Å². The van der Waals surface area contributed by atoms with Gasteiger partial charge in [0.15, 0.2) is 0 Å². The summed E-state index contributed by atoms with van der Waals surface area (Å²) in [6.45, 7) is 7.26. The number of carbonyl (C=O) groups excluding carboxylic acids is 1. The van der Waals surface area contributed by atoms with Gasteiger partial charge >= 0.3 is 0 Å². The van der Waals surface area contributed by atoms with Gasteiger partial charge in [0.1, 0.15) is 5.72 Å². The Balaban J connectivity index is 1.92. The molecule has 0 saturated heterocycles. The molecule has 0 heterocycles. The minimum absolute atomic E-state index is 0.00652. The summed E-state index contributed by atoms with van der Waals surface area (Å²) < 4.78 is 0. The Kier molecular flexibility index (Phi) is 5.81. The fourth-order valence-electron chi connectivity index (χ4n) is 4.18. The van der Waals surface area contributed by atoms with Gasteiger partial charge in [0.05, 0.1) is 6.04 Å². The Hall–Kier alpha value is -2.39. The van der Waals surface area contributed by atoms with E-state index in [0.29, 0.717) is 12.8 Å². The summed E-state index contributed by atoms with van der Waals surface area (Å²) >= 11 is 0. The van der Waals surface area contributed by atoms with Crippen molar-refractivity contribution in [2.75, 3.05) is 0 Å². The number of aryl methyl sites for hydroxylation is 1. The first-order chi connectivity index (χ1) is 12.9. The van der Waals surface area contributed by atoms with Crippen LogP contribution < -0.4 is 0 Å². The fourth-order valence-corrected chi connectivity index (χ4v) is 4.18. The van der Waals surface area contributed by atoms with Crippen LogP contribution in [0.5, 0.6) is 0 Å². The third kappa shape index (κ3) is 4.30. The maximum Gasteiger partial charge on any atom is 0.229 e. The van der Waals surface area contributed by atoms with Crippen molar-refractivity contribution in [1.29, 1.82) is 0 Å². The lowest BCUT2D eigenvalue weighted by atomic mass is 9.92. The normalized spacial score (nSPS) is 17.2. The Morgan fingerprint density at radius 2 is 1.89 bits per heavy atom. The second-order valence-corrected chi connectivity index (χ2v) is 7.87. The Morgan fingerprint density at radius 3 is 2.56 bits per heavy atom. The highest BCUT2D eigenvalue weighted by Crippen LogP contribution is 2.40. The third-order valence-electron chi connectivity index (χ3n) is 5.37. The predicted molar refractivity (Wildman–Crippen MR) is 109 cm³/mol. The van der Waals surface area contributed by atoms with Gasteiger partial charge < -0.3 is 10.0 Å². The van der Waals surface area contributed by atoms with Gasteiger partial charge in [-0.15, -0.1) is 6.58 Å². The molecular weight excluding hydrogens is 334 g/mol. The van der Waals surface area contributed by atoms with Crippen molar-refractivity contribution >= 4 is 5.91 Å². The van der Waals surface area contributed by atoms with Crippen LogP contribution in [0.1, 0.15) is 49.4 Å². The SMILES string of the molecule is C=CC[C@@H](Cc1ccccc1)C(=O)N([C@@H]1CCc2ccccc21)C(C)(C)O. The first-order valence-corrected chi connectivity index (χ1v) is 9.70. The van der Waals surface area contributed by atoms with Crippen molar-refractivity contribution in [2.24, 2.45) is 5.92 Å². The van der Waals surface area contributed by atoms with Crippen LogP contribution in [0.15, 0.2) is 67.3 Å². The second kappa shape index (κ2) is 8.10. The second-order valence-electron chi connectivity index (χ2n) is 7.87. The van der Waals surface area contributed by atoms with Crippen molar-refractivity contribution in [3.63, 3.8) is 0 Å². The highest BCUT2D eigenvalue weighted by Gasteiger charge is 2.40. The van der Waals surface area contributed by atoms with E-state index in [1.54, 1.807) is 24.8 Å². The number of aliphatic hydroxyl groups is 1. The highest BCUT2D eigenvalue weighted by atomic mass is 16.3. The van der Waals surface area contributed by atoms with Crippen LogP contribution in [0.3, 0.4) is 0 Å². The van der Waals surface area contributed by atoms with Crippen molar-refractivity contribution < 1.29 is 9.90 Å². The molecule has 0 fully saturated rings. The van der Waals surface area contributed by atoms with Gasteiger partial charge in [-0.05, 0) is 56.2 Å². The fraction of sp³-hybridized carbons (Fsp3) is 0.375. The molecule has 2 aromatic rings. The molecule has 3 rings (SSSR count). The van der Waals surface area contributed by atoms with Crippen LogP contribution in [-0.4, -0.2) is 21.6 Å². The molecule has 0 aromatic heterocycles. The molecule has 142 valence electrons. The van der Waals surface area contributed by atoms with Gasteiger partial charge in [-0.25, -0.2) is 0 Å². The van der Waals surface area contributed by atoms with E-state index in [1.807, 2.05) is 42.5 Å². The molecule has 1 aliphatic rings. The molecule has 2 aromatic carbocycles. The number of carbonyl (C=O) groups is 1. The quantitative estimate of drug-likeness (QED) is 0.574. The van der Waals surface area contributed by atoms with Crippen LogP contribution in [-0.2, 0) is 17.6 Å². The number of benzene rings is 2. The molecule has 0 bridgehead atoms. The molecule has 1 amide bonds. The molecule has 0 unspecified atom stereocenters. The third-order valence-corrected chi connectivity index (χ3v) is 5.37. The van der Waals surface area contributed by atoms with E-state index < -0.39 is 5.72 Å². The zero-order valence-corrected chi connectivity index (χ0v) is 16.3. The summed E-state index contributed by atoms with van der Waals surface area (Å²) in [5, 5.41) is 10.9. The molecule has 3 nitrogen and oxygen atoms in total. The first-order valence-electron chi connectivity index (χ1n) is 9.70. The standard InChI is InChI=1S/C24H29NO2/c1-4-10-20(17-18-11-6-5-7-12-18)23(26)25(24(2,3)27)22-16-15-19-13-8-9-14-21(19)22/h4-9,11-14,20,22,27H,1,10,15-17H2,2-3H3/t20-,22+/m0/s1. The topological polar surface area (TPSA) is 40.5 Å². The number of hydrogen-bond donors (Lipinski definition) is 1. The molecule has 1 N–H and O–H groups in total. The Morgan fingerprint density at radius 1 is 1.22 bits per heavy atom. The average Bonchev–Trinajstić information content (AvgIpc) is 3.05. The molecule has 1 aliphatic carbocycles. The van der Waals surface area contributed by atoms with E-state index >= 15 is 0 Å². The summed E-state index contributed by atoms with van der Waals surface area (Å²) in [5.41, 5.74) is 2.33. The van der Waals surface area contributed by atoms with Crippen LogP contribution in [0.2, 0.25) is 0 Å². The van der Waals surface area contributed by atoms with E-state index in [0.717, 1.165) is 24.0 Å². The van der Waals surface area contributed by atoms with E-state index in [2.05, 4.69) is 18.7 Å². The monoisotopic (exact) mass is 363 g/mol. The highest BCUT2D eigenvalue weighted by molar-refractivity contribution is 5.80. The maximum atomic E-state index is 13.6. The average molecular weight is 364 g/mol. The van der Waals surface area contributed by atoms with Gasteiger partial charge in [-0.2, -0.15) is 0 Å². The van der Waals surface area contributed by atoms with Crippen LogP contribution in [0.25, 0.3) is 0 Å². The van der Waals surface area contributed by atoms with Crippen molar-refractivity contribution in [3.8, 4) is 0 Å². The van der Waals surface area contributed by atoms with Crippen LogP contribution in [0, 0.1) is 5.92 Å². The summed E-state index contributed by atoms with van der Waals surface area (Å²) in [5.74, 6) is -0.239. The molecule has 2 atom stereocenters. The van der Waals surface area contributed by atoms with Crippen molar-refractivity contribution in [3.05, 3.63) is 83.9 Å². The first kappa shape index (κ1) is 19.4. The number of hydrogen-bond acceptors (Lipinski definition) is 2. The van der Waals surface area contributed by atoms with Gasteiger partial charge in [0.2, 0.25) is 5.91 Å². The summed E-state index contributed by atoms with van der Waals surface area (Å²) in [6, 6.07) is 18.2. The summed E-state index contributed by atoms with van der Waals surface area (Å²) in [7, 11) is 0. The van der Waals surface area contributed by atoms with E-state index in [4.69, 9.17) is 0 Å². The molecule has 27 heavy (non-hydrogen) atoms. The van der Waals surface area contributed by atoms with Crippen LogP contribution >= 0.6 is 0 Å². The van der Waals surface area contributed by atoms with E-state index in [-0.39, 0.29) is 17.9 Å². The zero-order chi connectivity index (χ0) is 19.4. The molecule has 3 heteroatoms. The lowest BCUT2D eigenvalue weighted by Gasteiger charge is -2.41. The van der Waals surface area contributed by atoms with Gasteiger partial charge in [-0.3, -0.25) is 4.79 Å². The predicted octanol–water partition coefficient (Wildman–Crippen LogP) is 4.67. The lowest BCUT2D eigenvalue weighted by molar-refractivity contribution is -0.165. The summed E-state index contributed by atoms with van der Waals surface area (Å²) in [4.78, 5) is 15.3. The number of fused-ring (bicyclic) bond motifs is 1. The number of allylic oxidation sites excluding steroid dienone is 1. The molecule has 0 saturated carbocycles. The summed E-state index contributed by atoms with van der Waals surface area (Å²) in [6.07, 6.45) is 4.82. The zero-order valence-electron chi connectivity index (χ0n) is 16.3. The van der Waals surface area contributed by atoms with E-state index in [1.165, 1.54) is 5.56 Å². The van der Waals surface area contributed by atoms with Gasteiger partial charge in [0.25, 0.3) is 0 Å². The molecule has 0 radical (unpaired) electrons. The Labute approximate surface area is 162 Å².